The van der Waals surface area contributed by atoms with Gasteiger partial charge < -0.3 is 19.6 Å². The van der Waals surface area contributed by atoms with Gasteiger partial charge >= 0.3 is 6.18 Å². The van der Waals surface area contributed by atoms with Crippen molar-refractivity contribution in [3.05, 3.63) is 76.3 Å². The van der Waals surface area contributed by atoms with Crippen molar-refractivity contribution in [3.63, 3.8) is 0 Å². The fourth-order valence-corrected chi connectivity index (χ4v) is 3.38. The van der Waals surface area contributed by atoms with Crippen LogP contribution in [0.4, 0.5) is 13.2 Å². The molecule has 1 aromatic heterocycles. The minimum absolute atomic E-state index is 0.00115. The molecule has 1 N–H and O–H groups in total. The summed E-state index contributed by atoms with van der Waals surface area (Å²) < 4.78 is 44.0. The molecule has 0 aliphatic rings. The summed E-state index contributed by atoms with van der Waals surface area (Å²) in [5.41, 5.74) is 1.81. The predicted molar refractivity (Wildman–Crippen MR) is 107 cm³/mol. The van der Waals surface area contributed by atoms with E-state index in [9.17, 15) is 23.1 Å². The lowest BCUT2D eigenvalue weighted by atomic mass is 10.0. The molecule has 0 saturated carbocycles. The third-order valence-corrected chi connectivity index (χ3v) is 5.03. The second-order valence-corrected chi connectivity index (χ2v) is 7.24. The molecule has 0 atom stereocenters. The fourth-order valence-electron chi connectivity index (χ4n) is 3.11. The lowest BCUT2D eigenvalue weighted by molar-refractivity contribution is -0.255. The number of hydrogen-bond donors (Lipinski definition) is 1. The van der Waals surface area contributed by atoms with Crippen LogP contribution in [0.1, 0.15) is 21.5 Å². The molecule has 4 aromatic rings. The minimum atomic E-state index is -4.42. The standard InChI is InChI=1S/C22H14ClF3N2O3/c1-11-2-7-14(8-15(11)20(29)30)31-21-27-18-9-16(17(23)10-19(18)28-21)12-3-5-13(6-4-12)22(24,25)26/h2-10H,1H3,(H,27,28)(H,29,30)/p-1. The maximum Gasteiger partial charge on any atom is 0.416 e. The van der Waals surface area contributed by atoms with Crippen molar-refractivity contribution in [2.45, 2.75) is 13.1 Å². The van der Waals surface area contributed by atoms with E-state index in [2.05, 4.69) is 9.97 Å². The van der Waals surface area contributed by atoms with E-state index < -0.39 is 17.7 Å². The maximum atomic E-state index is 12.8. The van der Waals surface area contributed by atoms with Gasteiger partial charge in [0.1, 0.15) is 5.75 Å². The molecule has 0 saturated heterocycles. The lowest BCUT2D eigenvalue weighted by Gasteiger charge is -2.09. The second-order valence-electron chi connectivity index (χ2n) is 6.83. The van der Waals surface area contributed by atoms with Crippen LogP contribution in [0, 0.1) is 6.92 Å². The Kier molecular flexibility index (Phi) is 5.10. The van der Waals surface area contributed by atoms with Crippen molar-refractivity contribution in [3.8, 4) is 22.9 Å². The molecule has 0 spiro atoms. The van der Waals surface area contributed by atoms with Crippen LogP contribution in [0.3, 0.4) is 0 Å². The Morgan fingerprint density at radius 3 is 2.45 bits per heavy atom. The summed E-state index contributed by atoms with van der Waals surface area (Å²) in [5, 5.41) is 11.5. The van der Waals surface area contributed by atoms with Gasteiger partial charge in [-0.2, -0.15) is 18.2 Å². The number of nitrogens with one attached hydrogen (secondary N) is 1. The number of aromatic nitrogens is 2. The number of carboxylic acid groups (broad SMARTS) is 1. The SMILES string of the molecule is Cc1ccc(Oc2nc3cc(-c4ccc(C(F)(F)F)cc4)c(Cl)cc3[nH]2)cc1C(=O)[O-]. The van der Waals surface area contributed by atoms with Crippen LogP contribution < -0.4 is 9.84 Å². The predicted octanol–water partition coefficient (Wildman–Crippen LogP) is 5.37. The van der Waals surface area contributed by atoms with Gasteiger partial charge in [-0.3, -0.25) is 0 Å². The number of carbonyl (C=O) groups excluding carboxylic acids is 1. The van der Waals surface area contributed by atoms with E-state index in [1.165, 1.54) is 18.2 Å². The van der Waals surface area contributed by atoms with Crippen molar-refractivity contribution in [2.24, 2.45) is 0 Å². The molecule has 3 aromatic carbocycles. The summed E-state index contributed by atoms with van der Waals surface area (Å²) >= 11 is 6.33. The Bertz CT molecular complexity index is 1300. The highest BCUT2D eigenvalue weighted by atomic mass is 35.5. The molecular weight excluding hydrogens is 433 g/mol. The fraction of sp³-hybridized carbons (Fsp3) is 0.0909. The third-order valence-electron chi connectivity index (χ3n) is 4.72. The normalized spacial score (nSPS) is 11.6. The molecule has 0 fully saturated rings. The van der Waals surface area contributed by atoms with E-state index in [0.717, 1.165) is 12.1 Å². The number of alkyl halides is 3. The third kappa shape index (κ3) is 4.20. The van der Waals surface area contributed by atoms with Gasteiger partial charge in [0, 0.05) is 11.1 Å². The van der Waals surface area contributed by atoms with Crippen LogP contribution in [0.15, 0.2) is 54.6 Å². The zero-order valence-corrected chi connectivity index (χ0v) is 16.6. The number of fused-ring (bicyclic) bond motifs is 1. The Morgan fingerprint density at radius 1 is 1.10 bits per heavy atom. The summed E-state index contributed by atoms with van der Waals surface area (Å²) in [6.45, 7) is 1.64. The van der Waals surface area contributed by atoms with Gasteiger partial charge in [0.05, 0.1) is 27.6 Å². The lowest BCUT2D eigenvalue weighted by Crippen LogP contribution is -2.23. The average Bonchev–Trinajstić information content (AvgIpc) is 3.09. The largest absolute Gasteiger partial charge is 0.545 e. The van der Waals surface area contributed by atoms with Crippen molar-refractivity contribution in [1.82, 2.24) is 9.97 Å². The monoisotopic (exact) mass is 445 g/mol. The van der Waals surface area contributed by atoms with E-state index in [0.29, 0.717) is 32.7 Å². The van der Waals surface area contributed by atoms with Crippen LogP contribution in [0.2, 0.25) is 5.02 Å². The zero-order valence-electron chi connectivity index (χ0n) is 15.9. The van der Waals surface area contributed by atoms with Gasteiger partial charge in [0.15, 0.2) is 0 Å². The maximum absolute atomic E-state index is 12.8. The van der Waals surface area contributed by atoms with Crippen molar-refractivity contribution >= 4 is 28.6 Å². The van der Waals surface area contributed by atoms with E-state index in [-0.39, 0.29) is 17.3 Å². The molecule has 0 amide bonds. The Hall–Kier alpha value is -3.52. The number of aromatic carboxylic acids is 1. The topological polar surface area (TPSA) is 78.0 Å². The number of rotatable bonds is 4. The molecule has 0 aliphatic heterocycles. The smallest absolute Gasteiger partial charge is 0.416 e. The molecule has 0 aliphatic carbocycles. The summed E-state index contributed by atoms with van der Waals surface area (Å²) in [7, 11) is 0. The summed E-state index contributed by atoms with van der Waals surface area (Å²) in [5.74, 6) is -1.07. The van der Waals surface area contributed by atoms with E-state index in [4.69, 9.17) is 16.3 Å². The van der Waals surface area contributed by atoms with Crippen LogP contribution >= 0.6 is 11.6 Å². The molecule has 1 heterocycles. The number of carboxylic acids is 1. The minimum Gasteiger partial charge on any atom is -0.545 e. The van der Waals surface area contributed by atoms with Gasteiger partial charge in [-0.15, -0.1) is 0 Å². The second kappa shape index (κ2) is 7.63. The number of H-pyrrole nitrogens is 1. The van der Waals surface area contributed by atoms with Crippen LogP contribution in [-0.2, 0) is 6.18 Å². The van der Waals surface area contributed by atoms with E-state index in [1.807, 2.05) is 0 Å². The molecule has 0 bridgehead atoms. The Labute approximate surface area is 179 Å². The number of aryl methyl sites for hydroxylation is 1. The number of nitrogens with zero attached hydrogens (tertiary/aromatic N) is 1. The number of benzene rings is 3. The molecule has 0 radical (unpaired) electrons. The van der Waals surface area contributed by atoms with Gasteiger partial charge in [-0.25, -0.2) is 0 Å². The van der Waals surface area contributed by atoms with Gasteiger partial charge in [0.2, 0.25) is 0 Å². The molecule has 5 nitrogen and oxygen atoms in total. The summed E-state index contributed by atoms with van der Waals surface area (Å²) in [6.07, 6.45) is -4.42. The first kappa shape index (κ1) is 20.7. The zero-order chi connectivity index (χ0) is 22.3. The van der Waals surface area contributed by atoms with E-state index >= 15 is 0 Å². The van der Waals surface area contributed by atoms with Crippen LogP contribution in [0.25, 0.3) is 22.2 Å². The van der Waals surface area contributed by atoms with Crippen LogP contribution in [-0.4, -0.2) is 15.9 Å². The molecule has 9 heteroatoms. The van der Waals surface area contributed by atoms with Gasteiger partial charge in [-0.1, -0.05) is 29.8 Å². The number of ether oxygens (including phenoxy) is 1. The summed E-state index contributed by atoms with van der Waals surface area (Å²) in [6, 6.07) is 12.5. The molecule has 0 unspecified atom stereocenters. The molecule has 4 rings (SSSR count). The van der Waals surface area contributed by atoms with Crippen molar-refractivity contribution in [1.29, 1.82) is 0 Å². The first-order valence-corrected chi connectivity index (χ1v) is 9.36. The first-order valence-electron chi connectivity index (χ1n) is 8.98. The average molecular weight is 446 g/mol. The van der Waals surface area contributed by atoms with Crippen molar-refractivity contribution in [2.75, 3.05) is 0 Å². The first-order chi connectivity index (χ1) is 14.6. The quantitative estimate of drug-likeness (QED) is 0.458. The molecular formula is C22H13ClF3N2O3-. The highest BCUT2D eigenvalue weighted by molar-refractivity contribution is 6.34. The van der Waals surface area contributed by atoms with Gasteiger partial charge in [0.25, 0.3) is 6.01 Å². The summed E-state index contributed by atoms with van der Waals surface area (Å²) in [4.78, 5) is 18.4. The Morgan fingerprint density at radius 2 is 1.81 bits per heavy atom. The van der Waals surface area contributed by atoms with Crippen LogP contribution in [0.5, 0.6) is 11.8 Å². The number of aromatic amines is 1. The number of imidazole rings is 1. The number of hydrogen-bond acceptors (Lipinski definition) is 4. The van der Waals surface area contributed by atoms with E-state index in [1.54, 1.807) is 31.2 Å². The highest BCUT2D eigenvalue weighted by Crippen LogP contribution is 2.35. The number of halogens is 4. The van der Waals surface area contributed by atoms with Gasteiger partial charge in [-0.05, 0) is 54.4 Å². The number of carbonyl (C=O) groups is 1. The Balaban J connectivity index is 1.66. The molecule has 158 valence electrons. The highest BCUT2D eigenvalue weighted by Gasteiger charge is 2.30. The van der Waals surface area contributed by atoms with Crippen molar-refractivity contribution < 1.29 is 27.8 Å². The molecule has 31 heavy (non-hydrogen) atoms.